The molecule has 0 aliphatic rings. The normalized spacial score (nSPS) is 12.0. The summed E-state index contributed by atoms with van der Waals surface area (Å²) >= 11 is 0. The maximum absolute atomic E-state index is 12.4. The van der Waals surface area contributed by atoms with Gasteiger partial charge < -0.3 is 15.5 Å². The van der Waals surface area contributed by atoms with Crippen molar-refractivity contribution in [1.82, 2.24) is 5.32 Å². The van der Waals surface area contributed by atoms with Crippen LogP contribution in [0.1, 0.15) is 5.56 Å². The number of nitrogens with one attached hydrogen (secondary N) is 1. The van der Waals surface area contributed by atoms with Crippen molar-refractivity contribution in [2.24, 2.45) is 0 Å². The van der Waals surface area contributed by atoms with Crippen LogP contribution in [-0.4, -0.2) is 37.3 Å². The van der Waals surface area contributed by atoms with Crippen LogP contribution in [0.4, 0.5) is 13.2 Å². The quantitative estimate of drug-likeness (QED) is 0.680. The van der Waals surface area contributed by atoms with Gasteiger partial charge in [0.05, 0.1) is 9.79 Å². The van der Waals surface area contributed by atoms with E-state index in [1.807, 2.05) is 0 Å². The number of carbonyl (C=O) groups excluding carboxylic acids is 1. The van der Waals surface area contributed by atoms with Gasteiger partial charge in [0.25, 0.3) is 0 Å². The van der Waals surface area contributed by atoms with Crippen molar-refractivity contribution in [1.29, 1.82) is 0 Å². The Bertz CT molecular complexity index is 908. The third-order valence-electron chi connectivity index (χ3n) is 3.45. The lowest BCUT2D eigenvalue weighted by Crippen LogP contribution is -2.37. The number of benzene rings is 2. The van der Waals surface area contributed by atoms with E-state index in [0.717, 1.165) is 18.2 Å². The van der Waals surface area contributed by atoms with Gasteiger partial charge in [-0.05, 0) is 36.2 Å². The maximum Gasteiger partial charge on any atom is 0.471 e. The first-order valence-corrected chi connectivity index (χ1v) is 8.71. The summed E-state index contributed by atoms with van der Waals surface area (Å²) in [5.41, 5.74) is 0.528. The van der Waals surface area contributed by atoms with E-state index in [-0.39, 0.29) is 22.8 Å². The molecule has 0 saturated carbocycles. The Morgan fingerprint density at radius 2 is 1.54 bits per heavy atom. The van der Waals surface area contributed by atoms with Crippen LogP contribution in [0.5, 0.6) is 11.5 Å². The molecule has 2 rings (SSSR count). The first-order valence-electron chi connectivity index (χ1n) is 7.23. The van der Waals surface area contributed by atoms with Crippen LogP contribution in [0.2, 0.25) is 0 Å². The number of phenols is 2. The van der Waals surface area contributed by atoms with Gasteiger partial charge in [0, 0.05) is 12.6 Å². The largest absolute Gasteiger partial charge is 0.504 e. The van der Waals surface area contributed by atoms with Gasteiger partial charge in [0.2, 0.25) is 9.84 Å². The number of carbonyl (C=O) groups is 1. The topological polar surface area (TPSA) is 104 Å². The molecule has 10 heteroatoms. The van der Waals surface area contributed by atoms with Crippen molar-refractivity contribution in [2.45, 2.75) is 22.4 Å². The second-order valence-electron chi connectivity index (χ2n) is 5.30. The molecule has 0 radical (unpaired) electrons. The van der Waals surface area contributed by atoms with E-state index in [4.69, 9.17) is 0 Å². The maximum atomic E-state index is 12.4. The Labute approximate surface area is 146 Å². The first kappa shape index (κ1) is 19.6. The average Bonchev–Trinajstić information content (AvgIpc) is 2.56. The molecule has 0 atom stereocenters. The molecular formula is C16H14F3NO5S. The predicted octanol–water partition coefficient (Wildman–Crippen LogP) is 2.15. The number of hydrogen-bond donors (Lipinski definition) is 3. The lowest BCUT2D eigenvalue weighted by molar-refractivity contribution is -0.173. The first-order chi connectivity index (χ1) is 12.0. The highest BCUT2D eigenvalue weighted by Gasteiger charge is 2.38. The molecule has 0 aromatic heterocycles. The zero-order chi connectivity index (χ0) is 19.5. The van der Waals surface area contributed by atoms with Crippen molar-refractivity contribution >= 4 is 15.7 Å². The van der Waals surface area contributed by atoms with Crippen LogP contribution in [0.3, 0.4) is 0 Å². The summed E-state index contributed by atoms with van der Waals surface area (Å²) in [7, 11) is -3.94. The zero-order valence-corrected chi connectivity index (χ0v) is 13.9. The molecule has 1 amide bonds. The van der Waals surface area contributed by atoms with E-state index in [0.29, 0.717) is 5.56 Å². The van der Waals surface area contributed by atoms with E-state index < -0.39 is 33.4 Å². The van der Waals surface area contributed by atoms with Crippen molar-refractivity contribution in [3.8, 4) is 11.5 Å². The molecule has 0 unspecified atom stereocenters. The highest BCUT2D eigenvalue weighted by molar-refractivity contribution is 7.91. The number of halogens is 3. The van der Waals surface area contributed by atoms with E-state index >= 15 is 0 Å². The summed E-state index contributed by atoms with van der Waals surface area (Å²) in [6, 6.07) is 8.43. The SMILES string of the molecule is O=C(NCCc1ccc(S(=O)(=O)c2ccc(O)c(O)c2)cc1)C(F)(F)F. The third-order valence-corrected chi connectivity index (χ3v) is 5.21. The molecule has 26 heavy (non-hydrogen) atoms. The van der Waals surface area contributed by atoms with Gasteiger partial charge >= 0.3 is 12.1 Å². The Morgan fingerprint density at radius 1 is 0.962 bits per heavy atom. The fourth-order valence-corrected chi connectivity index (χ4v) is 3.34. The van der Waals surface area contributed by atoms with Crippen LogP contribution in [0.15, 0.2) is 52.3 Å². The molecule has 2 aromatic carbocycles. The van der Waals surface area contributed by atoms with Crippen LogP contribution >= 0.6 is 0 Å². The van der Waals surface area contributed by atoms with E-state index in [9.17, 15) is 36.6 Å². The molecule has 0 spiro atoms. The average molecular weight is 389 g/mol. The zero-order valence-electron chi connectivity index (χ0n) is 13.1. The van der Waals surface area contributed by atoms with Gasteiger partial charge in [-0.3, -0.25) is 4.79 Å². The van der Waals surface area contributed by atoms with Crippen LogP contribution in [0, 0.1) is 0 Å². The minimum absolute atomic E-state index is 0.0855. The molecule has 0 saturated heterocycles. The van der Waals surface area contributed by atoms with Crippen molar-refractivity contribution < 1.29 is 36.6 Å². The highest BCUT2D eigenvalue weighted by Crippen LogP contribution is 2.30. The molecule has 2 aromatic rings. The van der Waals surface area contributed by atoms with Crippen molar-refractivity contribution in [2.75, 3.05) is 6.54 Å². The fraction of sp³-hybridized carbons (Fsp3) is 0.188. The molecule has 0 aliphatic heterocycles. The standard InChI is InChI=1S/C16H14F3NO5S/c17-16(18,19)15(23)20-8-7-10-1-3-11(4-2-10)26(24,25)12-5-6-13(21)14(22)9-12/h1-6,9,21-22H,7-8H2,(H,20,23). The lowest BCUT2D eigenvalue weighted by Gasteiger charge is -2.09. The fourth-order valence-electron chi connectivity index (χ4n) is 2.06. The summed E-state index contributed by atoms with van der Waals surface area (Å²) in [5, 5.41) is 20.4. The van der Waals surface area contributed by atoms with Crippen molar-refractivity contribution in [3.63, 3.8) is 0 Å². The smallest absolute Gasteiger partial charge is 0.471 e. The lowest BCUT2D eigenvalue weighted by atomic mass is 10.1. The molecule has 6 nitrogen and oxygen atoms in total. The van der Waals surface area contributed by atoms with E-state index in [2.05, 4.69) is 0 Å². The predicted molar refractivity (Wildman–Crippen MR) is 84.4 cm³/mol. The van der Waals surface area contributed by atoms with Gasteiger partial charge in [-0.1, -0.05) is 12.1 Å². The summed E-state index contributed by atoms with van der Waals surface area (Å²) < 4.78 is 61.1. The minimum atomic E-state index is -4.95. The number of phenolic OH excluding ortho intramolecular Hbond substituents is 2. The summed E-state index contributed by atoms with van der Waals surface area (Å²) in [5.74, 6) is -3.08. The number of sulfone groups is 1. The Hall–Kier alpha value is -2.75. The Kier molecular flexibility index (Phi) is 5.45. The van der Waals surface area contributed by atoms with Gasteiger partial charge in [0.1, 0.15) is 0 Å². The number of aromatic hydroxyl groups is 2. The molecule has 0 fully saturated rings. The molecule has 140 valence electrons. The molecule has 0 heterocycles. The second kappa shape index (κ2) is 7.24. The Balaban J connectivity index is 2.09. The molecular weight excluding hydrogens is 375 g/mol. The van der Waals surface area contributed by atoms with E-state index in [1.54, 1.807) is 5.32 Å². The van der Waals surface area contributed by atoms with Crippen LogP contribution in [0.25, 0.3) is 0 Å². The summed E-state index contributed by atoms with van der Waals surface area (Å²) in [6.45, 7) is -0.254. The van der Waals surface area contributed by atoms with Crippen LogP contribution < -0.4 is 5.32 Å². The van der Waals surface area contributed by atoms with Crippen molar-refractivity contribution in [3.05, 3.63) is 48.0 Å². The number of hydrogen-bond acceptors (Lipinski definition) is 5. The van der Waals surface area contributed by atoms with Crippen LogP contribution in [-0.2, 0) is 21.1 Å². The summed E-state index contributed by atoms with van der Waals surface area (Å²) in [6.07, 6.45) is -4.87. The Morgan fingerprint density at radius 3 is 2.08 bits per heavy atom. The van der Waals surface area contributed by atoms with Gasteiger partial charge in [-0.2, -0.15) is 13.2 Å². The monoisotopic (exact) mass is 389 g/mol. The molecule has 0 bridgehead atoms. The van der Waals surface area contributed by atoms with Gasteiger partial charge in [0.15, 0.2) is 11.5 Å². The third kappa shape index (κ3) is 4.45. The summed E-state index contributed by atoms with van der Waals surface area (Å²) in [4.78, 5) is 10.4. The minimum Gasteiger partial charge on any atom is -0.504 e. The van der Waals surface area contributed by atoms with E-state index in [1.165, 1.54) is 24.3 Å². The van der Waals surface area contributed by atoms with Gasteiger partial charge in [-0.25, -0.2) is 8.42 Å². The number of amides is 1. The molecule has 0 aliphatic carbocycles. The van der Waals surface area contributed by atoms with Gasteiger partial charge in [-0.15, -0.1) is 0 Å². The highest BCUT2D eigenvalue weighted by atomic mass is 32.2. The number of alkyl halides is 3. The molecule has 3 N–H and O–H groups in total. The number of rotatable bonds is 5. The second-order valence-corrected chi connectivity index (χ2v) is 7.25.